The van der Waals surface area contributed by atoms with Crippen molar-refractivity contribution in [2.75, 3.05) is 39.4 Å². The SMILES string of the molecule is O=C1CC2(CCN(C(=O)C3CCOC3)CC2)CN1C/C=C/c1ccccc1. The van der Waals surface area contributed by atoms with Crippen LogP contribution >= 0.6 is 0 Å². The van der Waals surface area contributed by atoms with Crippen LogP contribution in [0.3, 0.4) is 0 Å². The molecule has 3 heterocycles. The third kappa shape index (κ3) is 4.08. The van der Waals surface area contributed by atoms with Crippen LogP contribution in [0.5, 0.6) is 0 Å². The summed E-state index contributed by atoms with van der Waals surface area (Å²) in [7, 11) is 0. The maximum Gasteiger partial charge on any atom is 0.228 e. The standard InChI is InChI=1S/C22H28N2O3/c25-20-15-22(17-24(20)11-4-7-18-5-2-1-3-6-18)9-12-23(13-10-22)21(26)19-8-14-27-16-19/h1-7,19H,8-17H2/b7-4+. The monoisotopic (exact) mass is 368 g/mol. The minimum absolute atomic E-state index is 0.0453. The molecule has 0 N–H and O–H groups in total. The molecule has 0 aliphatic carbocycles. The number of likely N-dealkylation sites (tertiary alicyclic amines) is 2. The lowest BCUT2D eigenvalue weighted by molar-refractivity contribution is -0.137. The number of nitrogens with zero attached hydrogens (tertiary/aromatic N) is 2. The predicted octanol–water partition coefficient (Wildman–Crippen LogP) is 2.58. The van der Waals surface area contributed by atoms with Gasteiger partial charge >= 0.3 is 0 Å². The number of carbonyl (C=O) groups is 2. The number of carbonyl (C=O) groups excluding carboxylic acids is 2. The molecule has 5 nitrogen and oxygen atoms in total. The molecule has 3 saturated heterocycles. The fourth-order valence-corrected chi connectivity index (χ4v) is 4.55. The topological polar surface area (TPSA) is 49.9 Å². The number of amides is 2. The minimum Gasteiger partial charge on any atom is -0.381 e. The molecule has 144 valence electrons. The highest BCUT2D eigenvalue weighted by Crippen LogP contribution is 2.41. The van der Waals surface area contributed by atoms with Gasteiger partial charge in [-0.25, -0.2) is 0 Å². The molecule has 0 radical (unpaired) electrons. The third-order valence-electron chi connectivity index (χ3n) is 6.26. The molecular formula is C22H28N2O3. The fraction of sp³-hybridized carbons (Fsp3) is 0.545. The minimum atomic E-state index is 0.0453. The number of benzene rings is 1. The van der Waals surface area contributed by atoms with Gasteiger partial charge in [0.05, 0.1) is 12.5 Å². The molecule has 0 bridgehead atoms. The van der Waals surface area contributed by atoms with E-state index in [1.54, 1.807) is 0 Å². The molecule has 3 aliphatic rings. The molecule has 4 rings (SSSR count). The second kappa shape index (κ2) is 7.85. The van der Waals surface area contributed by atoms with Crippen LogP contribution in [-0.4, -0.2) is 61.0 Å². The average molecular weight is 368 g/mol. The maximum atomic E-state index is 12.6. The van der Waals surface area contributed by atoms with Crippen molar-refractivity contribution in [3.8, 4) is 0 Å². The molecule has 1 aromatic rings. The van der Waals surface area contributed by atoms with Gasteiger partial charge in [0.15, 0.2) is 0 Å². The Morgan fingerprint density at radius 1 is 1.22 bits per heavy atom. The number of piperidine rings is 1. The van der Waals surface area contributed by atoms with Crippen molar-refractivity contribution in [1.82, 2.24) is 9.80 Å². The smallest absolute Gasteiger partial charge is 0.228 e. The Labute approximate surface area is 161 Å². The quantitative estimate of drug-likeness (QED) is 0.821. The summed E-state index contributed by atoms with van der Waals surface area (Å²) in [6.07, 6.45) is 7.48. The van der Waals surface area contributed by atoms with Crippen molar-refractivity contribution in [3.63, 3.8) is 0 Å². The van der Waals surface area contributed by atoms with E-state index in [2.05, 4.69) is 24.3 Å². The fourth-order valence-electron chi connectivity index (χ4n) is 4.55. The molecule has 0 saturated carbocycles. The second-order valence-corrected chi connectivity index (χ2v) is 8.15. The Bertz CT molecular complexity index is 702. The molecular weight excluding hydrogens is 340 g/mol. The van der Waals surface area contributed by atoms with Gasteiger partial charge in [-0.1, -0.05) is 42.5 Å². The van der Waals surface area contributed by atoms with Gasteiger partial charge < -0.3 is 14.5 Å². The Balaban J connectivity index is 1.30. The summed E-state index contributed by atoms with van der Waals surface area (Å²) in [5, 5.41) is 0. The third-order valence-corrected chi connectivity index (χ3v) is 6.26. The summed E-state index contributed by atoms with van der Waals surface area (Å²) in [6.45, 7) is 4.30. The molecule has 0 aromatic heterocycles. The molecule has 1 aromatic carbocycles. The van der Waals surface area contributed by atoms with Crippen LogP contribution in [0.4, 0.5) is 0 Å². The van der Waals surface area contributed by atoms with E-state index in [-0.39, 0.29) is 23.1 Å². The van der Waals surface area contributed by atoms with Gasteiger partial charge in [0.25, 0.3) is 0 Å². The van der Waals surface area contributed by atoms with Gasteiger partial charge in [0.1, 0.15) is 0 Å². The molecule has 1 spiro atoms. The lowest BCUT2D eigenvalue weighted by Gasteiger charge is -2.39. The van der Waals surface area contributed by atoms with Gasteiger partial charge in [-0.05, 0) is 24.8 Å². The highest BCUT2D eigenvalue weighted by atomic mass is 16.5. The summed E-state index contributed by atoms with van der Waals surface area (Å²) in [6, 6.07) is 10.2. The number of hydrogen-bond acceptors (Lipinski definition) is 3. The van der Waals surface area contributed by atoms with Crippen LogP contribution in [0.1, 0.15) is 31.2 Å². The first-order chi connectivity index (χ1) is 13.2. The first-order valence-corrected chi connectivity index (χ1v) is 10.0. The Morgan fingerprint density at radius 3 is 2.70 bits per heavy atom. The van der Waals surface area contributed by atoms with Gasteiger partial charge in [0.2, 0.25) is 11.8 Å². The van der Waals surface area contributed by atoms with Crippen LogP contribution in [-0.2, 0) is 14.3 Å². The van der Waals surface area contributed by atoms with Crippen LogP contribution in [0, 0.1) is 11.3 Å². The molecule has 3 aliphatic heterocycles. The number of ether oxygens (including phenoxy) is 1. The van der Waals surface area contributed by atoms with Gasteiger partial charge in [-0.15, -0.1) is 0 Å². The number of rotatable bonds is 4. The lowest BCUT2D eigenvalue weighted by Crippen LogP contribution is -2.46. The Morgan fingerprint density at radius 2 is 2.00 bits per heavy atom. The van der Waals surface area contributed by atoms with Crippen molar-refractivity contribution in [3.05, 3.63) is 42.0 Å². The van der Waals surface area contributed by atoms with Crippen molar-refractivity contribution in [2.24, 2.45) is 11.3 Å². The van der Waals surface area contributed by atoms with Gasteiger partial charge in [-0.3, -0.25) is 9.59 Å². The van der Waals surface area contributed by atoms with Gasteiger partial charge in [-0.2, -0.15) is 0 Å². The Hall–Kier alpha value is -2.14. The Kier molecular flexibility index (Phi) is 5.30. The molecule has 1 atom stereocenters. The second-order valence-electron chi connectivity index (χ2n) is 8.15. The van der Waals surface area contributed by atoms with Crippen LogP contribution in [0.15, 0.2) is 36.4 Å². The van der Waals surface area contributed by atoms with Gasteiger partial charge in [0, 0.05) is 44.6 Å². The van der Waals surface area contributed by atoms with Crippen LogP contribution in [0.2, 0.25) is 0 Å². The van der Waals surface area contributed by atoms with E-state index in [0.717, 1.165) is 44.5 Å². The van der Waals surface area contributed by atoms with E-state index in [1.165, 1.54) is 0 Å². The van der Waals surface area contributed by atoms with E-state index >= 15 is 0 Å². The maximum absolute atomic E-state index is 12.6. The molecule has 5 heteroatoms. The van der Waals surface area contributed by atoms with Crippen molar-refractivity contribution in [2.45, 2.75) is 25.7 Å². The summed E-state index contributed by atoms with van der Waals surface area (Å²) < 4.78 is 5.35. The molecule has 2 amide bonds. The lowest BCUT2D eigenvalue weighted by atomic mass is 9.77. The normalized spacial score (nSPS) is 25.0. The van der Waals surface area contributed by atoms with Crippen molar-refractivity contribution < 1.29 is 14.3 Å². The summed E-state index contributed by atoms with van der Waals surface area (Å²) >= 11 is 0. The highest BCUT2D eigenvalue weighted by Gasteiger charge is 2.45. The molecule has 1 unspecified atom stereocenters. The van der Waals surface area contributed by atoms with Crippen molar-refractivity contribution in [1.29, 1.82) is 0 Å². The van der Waals surface area contributed by atoms with Crippen molar-refractivity contribution >= 4 is 17.9 Å². The zero-order valence-electron chi connectivity index (χ0n) is 15.8. The summed E-state index contributed by atoms with van der Waals surface area (Å²) in [5.74, 6) is 0.537. The van der Waals surface area contributed by atoms with E-state index in [0.29, 0.717) is 26.2 Å². The van der Waals surface area contributed by atoms with E-state index in [9.17, 15) is 9.59 Å². The largest absolute Gasteiger partial charge is 0.381 e. The zero-order chi connectivity index (χ0) is 18.7. The summed E-state index contributed by atoms with van der Waals surface area (Å²) in [5.41, 5.74) is 1.21. The van der Waals surface area contributed by atoms with E-state index < -0.39 is 0 Å². The van der Waals surface area contributed by atoms with E-state index in [1.807, 2.05) is 28.0 Å². The zero-order valence-corrected chi connectivity index (χ0v) is 15.8. The average Bonchev–Trinajstić information content (AvgIpc) is 3.32. The van der Waals surface area contributed by atoms with E-state index in [4.69, 9.17) is 4.74 Å². The first kappa shape index (κ1) is 18.2. The first-order valence-electron chi connectivity index (χ1n) is 10.0. The summed E-state index contributed by atoms with van der Waals surface area (Å²) in [4.78, 5) is 29.0. The molecule has 3 fully saturated rings. The highest BCUT2D eigenvalue weighted by molar-refractivity contribution is 5.81. The van der Waals surface area contributed by atoms with Crippen LogP contribution in [0.25, 0.3) is 6.08 Å². The predicted molar refractivity (Wildman–Crippen MR) is 104 cm³/mol. The molecule has 27 heavy (non-hydrogen) atoms. The van der Waals surface area contributed by atoms with Crippen LogP contribution < -0.4 is 0 Å². The number of hydrogen-bond donors (Lipinski definition) is 0.